The first-order chi connectivity index (χ1) is 17.3. The lowest BCUT2D eigenvalue weighted by Crippen LogP contribution is -2.67. The molecule has 0 radical (unpaired) electrons. The molecule has 0 aromatic heterocycles. The monoisotopic (exact) mass is 512 g/mol. The van der Waals surface area contributed by atoms with E-state index >= 15 is 0 Å². The van der Waals surface area contributed by atoms with Crippen LogP contribution in [0.15, 0.2) is 0 Å². The van der Waals surface area contributed by atoms with Gasteiger partial charge in [-0.25, -0.2) is 0 Å². The van der Waals surface area contributed by atoms with Gasteiger partial charge in [0.25, 0.3) is 0 Å². The zero-order chi connectivity index (χ0) is 26.6. The van der Waals surface area contributed by atoms with E-state index in [0.29, 0.717) is 36.7 Å². The molecular formula is C32H48O5. The van der Waals surface area contributed by atoms with Crippen molar-refractivity contribution in [2.24, 2.45) is 56.7 Å². The highest BCUT2D eigenvalue weighted by Crippen LogP contribution is 2.77. The van der Waals surface area contributed by atoms with E-state index in [1.54, 1.807) is 6.92 Å². The average molecular weight is 513 g/mol. The Morgan fingerprint density at radius 2 is 1.65 bits per heavy atom. The highest BCUT2D eigenvalue weighted by molar-refractivity contribution is 5.99. The SMILES string of the molecule is CC(=O)OC[C@]12CCC([C@@]3(C)CO3)C1C1CCC3[C@@]4(C)CCC(=O)[C@@](C)(C=O)C4CC[C@@]3(C)[C@]1(C)CC2. The molecule has 0 bridgehead atoms. The molecule has 5 unspecified atom stereocenters. The molecule has 1 saturated heterocycles. The third-order valence-electron chi connectivity index (χ3n) is 14.3. The van der Waals surface area contributed by atoms with Gasteiger partial charge in [-0.2, -0.15) is 0 Å². The smallest absolute Gasteiger partial charge is 0.302 e. The number of carbonyl (C=O) groups excluding carboxylic acids is 3. The summed E-state index contributed by atoms with van der Waals surface area (Å²) >= 11 is 0. The molecule has 206 valence electrons. The van der Waals surface area contributed by atoms with Crippen molar-refractivity contribution in [3.63, 3.8) is 0 Å². The highest BCUT2D eigenvalue weighted by atomic mass is 16.6. The fourth-order valence-corrected chi connectivity index (χ4v) is 11.9. The van der Waals surface area contributed by atoms with Crippen molar-refractivity contribution in [2.75, 3.05) is 13.2 Å². The van der Waals surface area contributed by atoms with Crippen molar-refractivity contribution in [1.29, 1.82) is 0 Å². The summed E-state index contributed by atoms with van der Waals surface area (Å²) in [6, 6.07) is 0. The third kappa shape index (κ3) is 3.21. The average Bonchev–Trinajstić information content (AvgIpc) is 3.47. The van der Waals surface area contributed by atoms with E-state index < -0.39 is 5.41 Å². The van der Waals surface area contributed by atoms with Gasteiger partial charge in [0.15, 0.2) is 0 Å². The first-order valence-corrected chi connectivity index (χ1v) is 15.1. The summed E-state index contributed by atoms with van der Waals surface area (Å²) in [4.78, 5) is 37.3. The maximum absolute atomic E-state index is 13.0. The molecule has 0 N–H and O–H groups in total. The maximum Gasteiger partial charge on any atom is 0.302 e. The van der Waals surface area contributed by atoms with Crippen LogP contribution in [-0.2, 0) is 23.9 Å². The molecule has 5 heteroatoms. The van der Waals surface area contributed by atoms with Crippen molar-refractivity contribution in [3.8, 4) is 0 Å². The largest absolute Gasteiger partial charge is 0.465 e. The molecule has 1 heterocycles. The number of ether oxygens (including phenoxy) is 2. The molecule has 6 aliphatic rings. The van der Waals surface area contributed by atoms with E-state index in [1.807, 2.05) is 6.92 Å². The lowest BCUT2D eigenvalue weighted by Gasteiger charge is -2.72. The minimum atomic E-state index is -0.827. The zero-order valence-electron chi connectivity index (χ0n) is 24.0. The molecule has 6 rings (SSSR count). The van der Waals surface area contributed by atoms with Crippen molar-refractivity contribution in [2.45, 2.75) is 111 Å². The van der Waals surface area contributed by atoms with Crippen molar-refractivity contribution in [3.05, 3.63) is 0 Å². The molecule has 0 aromatic carbocycles. The van der Waals surface area contributed by atoms with Gasteiger partial charge < -0.3 is 14.3 Å². The zero-order valence-corrected chi connectivity index (χ0v) is 24.0. The van der Waals surface area contributed by atoms with Crippen LogP contribution in [0.2, 0.25) is 0 Å². The van der Waals surface area contributed by atoms with Crippen LogP contribution in [0.4, 0.5) is 0 Å². The van der Waals surface area contributed by atoms with Gasteiger partial charge in [0.05, 0.1) is 24.2 Å². The third-order valence-corrected chi connectivity index (χ3v) is 14.3. The van der Waals surface area contributed by atoms with Gasteiger partial charge in [-0.15, -0.1) is 0 Å². The van der Waals surface area contributed by atoms with E-state index in [-0.39, 0.29) is 44.9 Å². The minimum absolute atomic E-state index is 0.0161. The van der Waals surface area contributed by atoms with Gasteiger partial charge in [0.2, 0.25) is 0 Å². The lowest BCUT2D eigenvalue weighted by molar-refractivity contribution is -0.238. The highest BCUT2D eigenvalue weighted by Gasteiger charge is 2.73. The number of hydrogen-bond donors (Lipinski definition) is 0. The quantitative estimate of drug-likeness (QED) is 0.195. The Morgan fingerprint density at radius 1 is 0.919 bits per heavy atom. The van der Waals surface area contributed by atoms with Gasteiger partial charge >= 0.3 is 5.97 Å². The van der Waals surface area contributed by atoms with Gasteiger partial charge in [0.1, 0.15) is 12.1 Å². The molecule has 1 aliphatic heterocycles. The first kappa shape index (κ1) is 26.0. The number of fused-ring (bicyclic) bond motifs is 7. The number of ketones is 1. The molecule has 0 amide bonds. The molecule has 37 heavy (non-hydrogen) atoms. The molecule has 11 atom stereocenters. The Bertz CT molecular complexity index is 1020. The number of epoxide rings is 1. The Kier molecular flexibility index (Phi) is 5.57. The van der Waals surface area contributed by atoms with Crippen molar-refractivity contribution < 1.29 is 23.9 Å². The van der Waals surface area contributed by atoms with Crippen LogP contribution in [0.5, 0.6) is 0 Å². The summed E-state index contributed by atoms with van der Waals surface area (Å²) in [5.41, 5.74) is -0.368. The van der Waals surface area contributed by atoms with Crippen LogP contribution in [0.1, 0.15) is 106 Å². The van der Waals surface area contributed by atoms with Gasteiger partial charge in [-0.3, -0.25) is 9.59 Å². The van der Waals surface area contributed by atoms with E-state index in [4.69, 9.17) is 9.47 Å². The summed E-state index contributed by atoms with van der Waals surface area (Å²) in [7, 11) is 0. The number of hydrogen-bond acceptors (Lipinski definition) is 5. The second-order valence-electron chi connectivity index (χ2n) is 15.4. The predicted molar refractivity (Wildman–Crippen MR) is 141 cm³/mol. The molecule has 0 aromatic rings. The fraction of sp³-hybridized carbons (Fsp3) is 0.906. The maximum atomic E-state index is 13.0. The minimum Gasteiger partial charge on any atom is -0.465 e. The first-order valence-electron chi connectivity index (χ1n) is 15.1. The van der Waals surface area contributed by atoms with Crippen LogP contribution < -0.4 is 0 Å². The number of Topliss-reactive ketones (excluding diaryl/α,β-unsaturated/α-hetero) is 1. The number of esters is 1. The Balaban J connectivity index is 1.38. The Morgan fingerprint density at radius 3 is 2.30 bits per heavy atom. The van der Waals surface area contributed by atoms with Crippen LogP contribution in [0, 0.1) is 56.7 Å². The van der Waals surface area contributed by atoms with E-state index in [1.165, 1.54) is 25.7 Å². The van der Waals surface area contributed by atoms with Gasteiger partial charge in [-0.05, 0) is 117 Å². The topological polar surface area (TPSA) is 73.0 Å². The second kappa shape index (κ2) is 7.92. The Hall–Kier alpha value is -1.23. The molecule has 6 fully saturated rings. The molecule has 5 saturated carbocycles. The van der Waals surface area contributed by atoms with E-state index in [9.17, 15) is 14.4 Å². The Labute approximate surface area is 223 Å². The van der Waals surface area contributed by atoms with Gasteiger partial charge in [0, 0.05) is 18.8 Å². The van der Waals surface area contributed by atoms with Crippen LogP contribution in [0.3, 0.4) is 0 Å². The van der Waals surface area contributed by atoms with Crippen molar-refractivity contribution in [1.82, 2.24) is 0 Å². The standard InChI is InChI=1S/C32H48O5/c1-20(34)36-19-32-14-9-22(31(6)18-37-31)26(32)21-7-8-24-27(2)12-11-25(35)28(3,17-33)23(27)10-13-30(24,5)29(21,4)15-16-32/h17,21-24,26H,7-16,18-19H2,1-6H3/t21?,22?,23?,24?,26?,27-,28-,29+,30+,31+,32+/m0/s1. The number of aldehydes is 1. The predicted octanol–water partition coefficient (Wildman–Crippen LogP) is 6.17. The lowest BCUT2D eigenvalue weighted by atomic mass is 9.32. The molecule has 0 spiro atoms. The van der Waals surface area contributed by atoms with Crippen molar-refractivity contribution >= 4 is 18.0 Å². The molecular weight excluding hydrogens is 464 g/mol. The number of carbonyl (C=O) groups is 3. The van der Waals surface area contributed by atoms with Crippen LogP contribution in [-0.4, -0.2) is 36.9 Å². The van der Waals surface area contributed by atoms with Gasteiger partial charge in [-0.1, -0.05) is 20.8 Å². The normalized spacial score (nSPS) is 56.4. The number of rotatable bonds is 4. The summed E-state index contributed by atoms with van der Waals surface area (Å²) < 4.78 is 11.9. The van der Waals surface area contributed by atoms with Crippen LogP contribution in [0.25, 0.3) is 0 Å². The summed E-state index contributed by atoms with van der Waals surface area (Å²) in [5.74, 6) is 2.33. The summed E-state index contributed by atoms with van der Waals surface area (Å²) in [6.45, 7) is 14.8. The second-order valence-corrected chi connectivity index (χ2v) is 15.4. The summed E-state index contributed by atoms with van der Waals surface area (Å²) in [6.07, 6.45) is 11.5. The van der Waals surface area contributed by atoms with Crippen LogP contribution >= 0.6 is 0 Å². The fourth-order valence-electron chi connectivity index (χ4n) is 11.9. The summed E-state index contributed by atoms with van der Waals surface area (Å²) in [5, 5.41) is 0. The molecule has 5 nitrogen and oxygen atoms in total. The molecule has 5 aliphatic carbocycles. The van der Waals surface area contributed by atoms with E-state index in [2.05, 4.69) is 27.7 Å². The van der Waals surface area contributed by atoms with E-state index in [0.717, 1.165) is 45.0 Å².